The van der Waals surface area contributed by atoms with Gasteiger partial charge in [-0.3, -0.25) is 9.13 Å². The summed E-state index contributed by atoms with van der Waals surface area (Å²) >= 11 is 0. The number of nitrogens with one attached hydrogen (secondary N) is 2. The Bertz CT molecular complexity index is 953. The number of rotatable bonds is 19. The smallest absolute Gasteiger partial charge is 0.361 e. The predicted octanol–water partition coefficient (Wildman–Crippen LogP) is 6.03. The first kappa shape index (κ1) is 30.6. The molecule has 0 aliphatic carbocycles. The average Bonchev–Trinajstić information content (AvgIpc) is 2.85. The molecule has 10 heteroatoms. The maximum Gasteiger partial charge on any atom is 0.361 e. The Kier molecular flexibility index (Phi) is 13.8. The molecular weight excluding hydrogens is 498 g/mol. The summed E-state index contributed by atoms with van der Waals surface area (Å²) in [6.45, 7) is 6.07. The van der Waals surface area contributed by atoms with Crippen LogP contribution in [0.15, 0.2) is 48.5 Å². The minimum absolute atomic E-state index is 0.0475. The van der Waals surface area contributed by atoms with Gasteiger partial charge >= 0.3 is 15.2 Å². The van der Waals surface area contributed by atoms with E-state index in [4.69, 9.17) is 18.8 Å². The van der Waals surface area contributed by atoms with Gasteiger partial charge in [0.15, 0.2) is 0 Å². The lowest BCUT2D eigenvalue weighted by Crippen LogP contribution is -2.11. The fraction of sp³-hybridized carbons (Fsp3) is 0.538. The third kappa shape index (κ3) is 11.2. The first-order valence-corrected chi connectivity index (χ1v) is 16.1. The molecule has 0 amide bonds. The Balaban J connectivity index is 1.48. The van der Waals surface area contributed by atoms with Crippen molar-refractivity contribution < 1.29 is 28.0 Å². The molecule has 0 saturated carbocycles. The molecule has 2 rings (SSSR count). The van der Waals surface area contributed by atoms with Crippen LogP contribution in [0.4, 0.5) is 11.4 Å². The highest BCUT2D eigenvalue weighted by Crippen LogP contribution is 2.46. The SMILES string of the molecule is CCOP(=O)(OCC)c1ccc(NCCCCCCCCCCNc2ccc(P(=O)(O)O)cc2)cc1. The molecule has 0 fully saturated rings. The highest BCUT2D eigenvalue weighted by Gasteiger charge is 2.26. The standard InChI is InChI=1S/C26H42N2O6P2/c1-3-33-36(32,34-4-2)26-19-15-24(16-20-26)28-22-12-10-8-6-5-7-9-11-21-27-23-13-17-25(18-14-23)35(29,30)31/h13-20,27-28H,3-12,21-22H2,1-2H3,(H2,29,30,31). The Morgan fingerprint density at radius 3 is 1.33 bits per heavy atom. The molecule has 0 unspecified atom stereocenters. The number of unbranched alkanes of at least 4 members (excludes halogenated alkanes) is 7. The molecule has 0 radical (unpaired) electrons. The van der Waals surface area contributed by atoms with Crippen molar-refractivity contribution >= 4 is 37.2 Å². The lowest BCUT2D eigenvalue weighted by molar-refractivity contribution is 0.230. The first-order valence-electron chi connectivity index (χ1n) is 12.9. The van der Waals surface area contributed by atoms with Crippen molar-refractivity contribution in [3.63, 3.8) is 0 Å². The van der Waals surface area contributed by atoms with Crippen molar-refractivity contribution in [2.45, 2.75) is 65.2 Å². The largest absolute Gasteiger partial charge is 0.385 e. The number of hydrogen-bond acceptors (Lipinski definition) is 6. The number of anilines is 2. The van der Waals surface area contributed by atoms with Crippen LogP contribution in [0.25, 0.3) is 0 Å². The number of benzene rings is 2. The summed E-state index contributed by atoms with van der Waals surface area (Å²) in [5.74, 6) is 0. The Labute approximate surface area is 215 Å². The van der Waals surface area contributed by atoms with Crippen LogP contribution in [0.1, 0.15) is 65.2 Å². The molecule has 2 aromatic rings. The minimum atomic E-state index is -4.17. The summed E-state index contributed by atoms with van der Waals surface area (Å²) in [6.07, 6.45) is 9.50. The van der Waals surface area contributed by atoms with Crippen LogP contribution in [-0.2, 0) is 18.2 Å². The zero-order valence-corrected chi connectivity index (χ0v) is 23.3. The fourth-order valence-corrected chi connectivity index (χ4v) is 5.94. The van der Waals surface area contributed by atoms with E-state index in [9.17, 15) is 9.13 Å². The molecule has 0 aliphatic rings. The Morgan fingerprint density at radius 2 is 0.972 bits per heavy atom. The number of hydrogen-bond donors (Lipinski definition) is 4. The van der Waals surface area contributed by atoms with Gasteiger partial charge in [-0.05, 0) is 75.2 Å². The lowest BCUT2D eigenvalue weighted by Gasteiger charge is -2.17. The van der Waals surface area contributed by atoms with Gasteiger partial charge in [-0.2, -0.15) is 0 Å². The summed E-state index contributed by atoms with van der Waals surface area (Å²) in [5.41, 5.74) is 1.89. The van der Waals surface area contributed by atoms with E-state index < -0.39 is 15.2 Å². The predicted molar refractivity (Wildman–Crippen MR) is 149 cm³/mol. The van der Waals surface area contributed by atoms with Crippen LogP contribution in [0.2, 0.25) is 0 Å². The molecule has 202 valence electrons. The summed E-state index contributed by atoms with van der Waals surface area (Å²) in [7, 11) is -7.39. The molecule has 2 aromatic carbocycles. The second kappa shape index (κ2) is 16.2. The highest BCUT2D eigenvalue weighted by atomic mass is 31.2. The summed E-state index contributed by atoms with van der Waals surface area (Å²) in [5, 5.41) is 7.35. The second-order valence-electron chi connectivity index (χ2n) is 8.65. The van der Waals surface area contributed by atoms with Crippen molar-refractivity contribution in [3.05, 3.63) is 48.5 Å². The third-order valence-corrected chi connectivity index (χ3v) is 8.84. The van der Waals surface area contributed by atoms with Crippen LogP contribution in [-0.4, -0.2) is 36.1 Å². The van der Waals surface area contributed by atoms with E-state index in [1.807, 2.05) is 38.1 Å². The van der Waals surface area contributed by atoms with Crippen molar-refractivity contribution in [1.29, 1.82) is 0 Å². The molecule has 8 nitrogen and oxygen atoms in total. The normalized spacial score (nSPS) is 12.0. The minimum Gasteiger partial charge on any atom is -0.385 e. The highest BCUT2D eigenvalue weighted by molar-refractivity contribution is 7.62. The topological polar surface area (TPSA) is 117 Å². The fourth-order valence-electron chi connectivity index (χ4n) is 3.84. The van der Waals surface area contributed by atoms with Crippen LogP contribution < -0.4 is 21.2 Å². The lowest BCUT2D eigenvalue weighted by atomic mass is 10.1. The van der Waals surface area contributed by atoms with E-state index >= 15 is 0 Å². The maximum absolute atomic E-state index is 12.8. The molecular formula is C26H42N2O6P2. The van der Waals surface area contributed by atoms with Gasteiger partial charge in [0, 0.05) is 24.5 Å². The van der Waals surface area contributed by atoms with Crippen molar-refractivity contribution in [3.8, 4) is 0 Å². The van der Waals surface area contributed by atoms with Gasteiger partial charge in [-0.1, -0.05) is 38.5 Å². The maximum atomic E-state index is 12.8. The van der Waals surface area contributed by atoms with E-state index in [0.717, 1.165) is 37.3 Å². The van der Waals surface area contributed by atoms with Crippen LogP contribution >= 0.6 is 15.2 Å². The van der Waals surface area contributed by atoms with Gasteiger partial charge in [0.05, 0.1) is 23.8 Å². The van der Waals surface area contributed by atoms with E-state index in [1.54, 1.807) is 12.1 Å². The van der Waals surface area contributed by atoms with Crippen LogP contribution in [0.3, 0.4) is 0 Å². The first-order chi connectivity index (χ1) is 17.3. The van der Waals surface area contributed by atoms with Gasteiger partial charge in [-0.15, -0.1) is 0 Å². The molecule has 0 bridgehead atoms. The van der Waals surface area contributed by atoms with Gasteiger partial charge in [-0.25, -0.2) is 0 Å². The molecule has 0 atom stereocenters. The average molecular weight is 541 g/mol. The zero-order valence-electron chi connectivity index (χ0n) is 21.5. The van der Waals surface area contributed by atoms with Gasteiger partial charge in [0.1, 0.15) is 0 Å². The van der Waals surface area contributed by atoms with E-state index in [1.165, 1.54) is 50.7 Å². The monoisotopic (exact) mass is 540 g/mol. The summed E-state index contributed by atoms with van der Waals surface area (Å²) in [4.78, 5) is 18.3. The molecule has 0 aromatic heterocycles. The summed E-state index contributed by atoms with van der Waals surface area (Å²) < 4.78 is 34.8. The quantitative estimate of drug-likeness (QED) is 0.126. The second-order valence-corrected chi connectivity index (χ2v) is 12.3. The Hall–Kier alpha value is -1.66. The summed E-state index contributed by atoms with van der Waals surface area (Å²) in [6, 6.07) is 13.8. The molecule has 0 spiro atoms. The molecule has 0 aliphatic heterocycles. The zero-order chi connectivity index (χ0) is 26.3. The third-order valence-electron chi connectivity index (χ3n) is 5.75. The molecule has 0 saturated heterocycles. The van der Waals surface area contributed by atoms with E-state index in [0.29, 0.717) is 18.5 Å². The molecule has 4 N–H and O–H groups in total. The Morgan fingerprint density at radius 1 is 0.611 bits per heavy atom. The molecule has 0 heterocycles. The van der Waals surface area contributed by atoms with Gasteiger partial charge in [0.25, 0.3) is 0 Å². The van der Waals surface area contributed by atoms with Gasteiger partial charge in [0.2, 0.25) is 0 Å². The van der Waals surface area contributed by atoms with Gasteiger partial charge < -0.3 is 29.5 Å². The van der Waals surface area contributed by atoms with Crippen molar-refractivity contribution in [2.24, 2.45) is 0 Å². The van der Waals surface area contributed by atoms with E-state index in [2.05, 4.69) is 10.6 Å². The van der Waals surface area contributed by atoms with Crippen molar-refractivity contribution in [1.82, 2.24) is 0 Å². The molecule has 36 heavy (non-hydrogen) atoms. The van der Waals surface area contributed by atoms with Crippen LogP contribution in [0, 0.1) is 0 Å². The van der Waals surface area contributed by atoms with Crippen molar-refractivity contribution in [2.75, 3.05) is 36.9 Å². The van der Waals surface area contributed by atoms with Crippen LogP contribution in [0.5, 0.6) is 0 Å². The van der Waals surface area contributed by atoms with E-state index in [-0.39, 0.29) is 5.30 Å².